The molecule has 0 radical (unpaired) electrons. The molecule has 0 N–H and O–H groups in total. The highest BCUT2D eigenvalue weighted by atomic mass is 14.5. The summed E-state index contributed by atoms with van der Waals surface area (Å²) < 4.78 is 0. The van der Waals surface area contributed by atoms with Gasteiger partial charge in [0.2, 0.25) is 0 Å². The van der Waals surface area contributed by atoms with Crippen LogP contribution in [0.25, 0.3) is 5.57 Å². The SMILES string of the molecule is C#CCC1=C(/C(=C\C)C(/C=C\C)CC=C)c2ccccc2C1C(C)(C)C1=C(C)CC(C(C)(C)C)=C1. The fraction of sp³-hybridized carbons (Fsp3) is 0.429. The van der Waals surface area contributed by atoms with Crippen molar-refractivity contribution in [2.75, 3.05) is 0 Å². The Labute approximate surface area is 215 Å². The van der Waals surface area contributed by atoms with Crippen molar-refractivity contribution in [3.05, 3.63) is 100 Å². The maximum atomic E-state index is 6.05. The summed E-state index contributed by atoms with van der Waals surface area (Å²) in [6.07, 6.45) is 20.0. The first-order valence-electron chi connectivity index (χ1n) is 13.1. The van der Waals surface area contributed by atoms with Crippen LogP contribution in [0.1, 0.15) is 91.7 Å². The summed E-state index contributed by atoms with van der Waals surface area (Å²) >= 11 is 0. The van der Waals surface area contributed by atoms with Gasteiger partial charge in [-0.15, -0.1) is 18.9 Å². The fourth-order valence-electron chi connectivity index (χ4n) is 6.31. The molecule has 2 aliphatic carbocycles. The standard InChI is InChI=1S/C35H44/c1-11-17-25(18-12-2)27(14-4)32-28-20-15-16-21-29(28)33(30(32)19-13-3)35(9,10)31-23-26(22-24(31)5)34(6,7)8/h3,11-12,14-16,18,20-21,23,25,33H,1,17,19,22H2,2,4-10H3/b18-12-,27-14-. The van der Waals surface area contributed by atoms with E-state index in [0.717, 1.165) is 12.8 Å². The van der Waals surface area contributed by atoms with E-state index in [9.17, 15) is 0 Å². The first-order valence-corrected chi connectivity index (χ1v) is 13.1. The lowest BCUT2D eigenvalue weighted by Gasteiger charge is -2.36. The van der Waals surface area contributed by atoms with Crippen LogP contribution in [0.5, 0.6) is 0 Å². The largest absolute Gasteiger partial charge is 0.120 e. The molecule has 0 aliphatic heterocycles. The molecule has 0 amide bonds. The van der Waals surface area contributed by atoms with Gasteiger partial charge < -0.3 is 0 Å². The Bertz CT molecular complexity index is 1170. The van der Waals surface area contributed by atoms with Gasteiger partial charge in [-0.05, 0) is 72.4 Å². The van der Waals surface area contributed by atoms with Crippen molar-refractivity contribution in [2.45, 2.75) is 80.6 Å². The smallest absolute Gasteiger partial charge is 0.0312 e. The van der Waals surface area contributed by atoms with Crippen LogP contribution in [0.3, 0.4) is 0 Å². The van der Waals surface area contributed by atoms with Gasteiger partial charge in [0.1, 0.15) is 0 Å². The topological polar surface area (TPSA) is 0 Å². The molecule has 0 fully saturated rings. The molecule has 184 valence electrons. The van der Waals surface area contributed by atoms with Gasteiger partial charge in [-0.25, -0.2) is 0 Å². The molecule has 0 saturated carbocycles. The molecular formula is C35H44. The van der Waals surface area contributed by atoms with E-state index in [-0.39, 0.29) is 16.7 Å². The van der Waals surface area contributed by atoms with Crippen LogP contribution in [-0.2, 0) is 0 Å². The van der Waals surface area contributed by atoms with Crippen LogP contribution in [0.15, 0.2) is 89.1 Å². The maximum Gasteiger partial charge on any atom is 0.0312 e. The second kappa shape index (κ2) is 10.5. The molecule has 35 heavy (non-hydrogen) atoms. The molecule has 0 heteroatoms. The van der Waals surface area contributed by atoms with Crippen molar-refractivity contribution in [1.82, 2.24) is 0 Å². The summed E-state index contributed by atoms with van der Waals surface area (Å²) in [5, 5.41) is 0. The molecule has 2 unspecified atom stereocenters. The van der Waals surface area contributed by atoms with E-state index in [1.165, 1.54) is 44.6 Å². The van der Waals surface area contributed by atoms with Crippen molar-refractivity contribution in [3.63, 3.8) is 0 Å². The average Bonchev–Trinajstić information content (AvgIpc) is 3.34. The van der Waals surface area contributed by atoms with Crippen LogP contribution in [0, 0.1) is 29.1 Å². The van der Waals surface area contributed by atoms with Crippen LogP contribution in [0.4, 0.5) is 0 Å². The number of fused-ring (bicyclic) bond motifs is 1. The Morgan fingerprint density at radius 2 is 1.86 bits per heavy atom. The molecule has 1 aromatic carbocycles. The molecule has 2 atom stereocenters. The molecular weight excluding hydrogens is 420 g/mol. The molecule has 3 rings (SSSR count). The summed E-state index contributed by atoms with van der Waals surface area (Å²) in [7, 11) is 0. The van der Waals surface area contributed by atoms with Crippen molar-refractivity contribution < 1.29 is 0 Å². The first kappa shape index (κ1) is 26.8. The first-order chi connectivity index (χ1) is 16.5. The summed E-state index contributed by atoms with van der Waals surface area (Å²) in [5.74, 6) is 3.58. The fourth-order valence-corrected chi connectivity index (χ4v) is 6.31. The van der Waals surface area contributed by atoms with E-state index in [4.69, 9.17) is 6.42 Å². The summed E-state index contributed by atoms with van der Waals surface area (Å²) in [6, 6.07) is 8.99. The van der Waals surface area contributed by atoms with Gasteiger partial charge in [0.05, 0.1) is 0 Å². The third-order valence-corrected chi connectivity index (χ3v) is 7.96. The maximum absolute atomic E-state index is 6.05. The zero-order valence-corrected chi connectivity index (χ0v) is 23.3. The lowest BCUT2D eigenvalue weighted by Crippen LogP contribution is -2.25. The number of rotatable bonds is 8. The Hall–Kier alpha value is -2.78. The quantitative estimate of drug-likeness (QED) is 0.265. The second-order valence-electron chi connectivity index (χ2n) is 11.7. The molecule has 0 spiro atoms. The molecule has 0 heterocycles. The van der Waals surface area contributed by atoms with Crippen LogP contribution in [0.2, 0.25) is 0 Å². The molecule has 2 aliphatic rings. The Balaban J connectivity index is 2.28. The van der Waals surface area contributed by atoms with E-state index >= 15 is 0 Å². The predicted molar refractivity (Wildman–Crippen MR) is 155 cm³/mol. The van der Waals surface area contributed by atoms with Crippen molar-refractivity contribution in [2.24, 2.45) is 16.7 Å². The van der Waals surface area contributed by atoms with Gasteiger partial charge >= 0.3 is 0 Å². The average molecular weight is 465 g/mol. The van der Waals surface area contributed by atoms with Gasteiger partial charge in [0.15, 0.2) is 0 Å². The van der Waals surface area contributed by atoms with Crippen molar-refractivity contribution in [3.8, 4) is 12.3 Å². The number of benzene rings is 1. The zero-order chi connectivity index (χ0) is 26.0. The lowest BCUT2D eigenvalue weighted by atomic mass is 9.67. The third kappa shape index (κ3) is 4.97. The molecule has 0 bridgehead atoms. The minimum Gasteiger partial charge on any atom is -0.120 e. The zero-order valence-electron chi connectivity index (χ0n) is 23.3. The number of hydrogen-bond donors (Lipinski definition) is 0. The van der Waals surface area contributed by atoms with Crippen LogP contribution >= 0.6 is 0 Å². The van der Waals surface area contributed by atoms with Crippen LogP contribution in [-0.4, -0.2) is 0 Å². The van der Waals surface area contributed by atoms with Crippen LogP contribution < -0.4 is 0 Å². The second-order valence-corrected chi connectivity index (χ2v) is 11.7. The number of hydrogen-bond acceptors (Lipinski definition) is 0. The summed E-state index contributed by atoms with van der Waals surface area (Å²) in [5.41, 5.74) is 11.5. The Morgan fingerprint density at radius 1 is 1.17 bits per heavy atom. The monoisotopic (exact) mass is 464 g/mol. The summed E-state index contributed by atoms with van der Waals surface area (Å²) in [6.45, 7) is 22.5. The predicted octanol–water partition coefficient (Wildman–Crippen LogP) is 9.99. The van der Waals surface area contributed by atoms with Crippen molar-refractivity contribution in [1.29, 1.82) is 0 Å². The van der Waals surface area contributed by atoms with E-state index in [0.29, 0.717) is 12.3 Å². The van der Waals surface area contributed by atoms with Gasteiger partial charge in [-0.1, -0.05) is 100 Å². The third-order valence-electron chi connectivity index (χ3n) is 7.96. The molecule has 1 aromatic rings. The minimum absolute atomic E-state index is 0.0749. The molecule has 0 saturated heterocycles. The van der Waals surface area contributed by atoms with Gasteiger partial charge in [-0.2, -0.15) is 0 Å². The normalized spacial score (nSPS) is 19.8. The van der Waals surface area contributed by atoms with Gasteiger partial charge in [0, 0.05) is 23.7 Å². The summed E-state index contributed by atoms with van der Waals surface area (Å²) in [4.78, 5) is 0. The van der Waals surface area contributed by atoms with Gasteiger partial charge in [-0.3, -0.25) is 0 Å². The molecule has 0 aromatic heterocycles. The van der Waals surface area contributed by atoms with Gasteiger partial charge in [0.25, 0.3) is 0 Å². The number of allylic oxidation sites excluding steroid dienone is 11. The minimum atomic E-state index is -0.0749. The lowest BCUT2D eigenvalue weighted by molar-refractivity contribution is 0.391. The van der Waals surface area contributed by atoms with Crippen molar-refractivity contribution >= 4 is 5.57 Å². The van der Waals surface area contributed by atoms with E-state index < -0.39 is 0 Å². The highest BCUT2D eigenvalue weighted by Crippen LogP contribution is 2.59. The Kier molecular flexibility index (Phi) is 8.01. The van der Waals surface area contributed by atoms with E-state index in [1.54, 1.807) is 0 Å². The highest BCUT2D eigenvalue weighted by molar-refractivity contribution is 5.89. The number of terminal acetylenes is 1. The van der Waals surface area contributed by atoms with E-state index in [2.05, 4.69) is 116 Å². The molecule has 0 nitrogen and oxygen atoms in total. The van der Waals surface area contributed by atoms with E-state index in [1.807, 2.05) is 6.08 Å². The Morgan fingerprint density at radius 3 is 2.40 bits per heavy atom. The highest BCUT2D eigenvalue weighted by Gasteiger charge is 2.44.